The summed E-state index contributed by atoms with van der Waals surface area (Å²) in [5, 5.41) is 7.40. The zero-order valence-corrected chi connectivity index (χ0v) is 16.1. The minimum Gasteiger partial charge on any atom is -0.380 e. The van der Waals surface area contributed by atoms with Crippen molar-refractivity contribution in [3.8, 4) is 16.9 Å². The van der Waals surface area contributed by atoms with Crippen LogP contribution in [0.25, 0.3) is 16.9 Å². The number of benzene rings is 3. The smallest absolute Gasteiger partial charge is 0.255 e. The number of hydrogen-bond acceptors (Lipinski definition) is 3. The lowest BCUT2D eigenvalue weighted by Gasteiger charge is -2.11. The van der Waals surface area contributed by atoms with E-state index in [0.717, 1.165) is 28.2 Å². The van der Waals surface area contributed by atoms with Crippen molar-refractivity contribution in [2.24, 2.45) is 0 Å². The Bertz CT molecular complexity index is 1120. The molecule has 1 aromatic heterocycles. The number of aromatic nitrogens is 2. The van der Waals surface area contributed by atoms with E-state index in [-0.39, 0.29) is 5.91 Å². The minimum atomic E-state index is -0.171. The van der Waals surface area contributed by atoms with Crippen LogP contribution < -0.4 is 5.32 Å². The number of nitrogens with one attached hydrogen (secondary N) is 1. The molecule has 1 N–H and O–H groups in total. The summed E-state index contributed by atoms with van der Waals surface area (Å²) in [6, 6.07) is 27.1. The van der Waals surface area contributed by atoms with Crippen molar-refractivity contribution in [3.63, 3.8) is 0 Å². The summed E-state index contributed by atoms with van der Waals surface area (Å²) < 4.78 is 6.99. The molecule has 5 nitrogen and oxygen atoms in total. The van der Waals surface area contributed by atoms with E-state index in [1.165, 1.54) is 0 Å². The topological polar surface area (TPSA) is 56.1 Å². The molecule has 0 unspecified atom stereocenters. The van der Waals surface area contributed by atoms with E-state index in [1.807, 2.05) is 83.5 Å². The van der Waals surface area contributed by atoms with Crippen LogP contribution in [0, 0.1) is 0 Å². The van der Waals surface area contributed by atoms with Gasteiger partial charge in [-0.1, -0.05) is 48.5 Å². The van der Waals surface area contributed by atoms with Gasteiger partial charge in [-0.05, 0) is 42.0 Å². The Morgan fingerprint density at radius 3 is 2.62 bits per heavy atom. The molecule has 29 heavy (non-hydrogen) atoms. The van der Waals surface area contributed by atoms with E-state index in [0.29, 0.717) is 12.2 Å². The number of amides is 1. The van der Waals surface area contributed by atoms with Crippen molar-refractivity contribution in [2.45, 2.75) is 6.61 Å². The van der Waals surface area contributed by atoms with Crippen LogP contribution in [0.4, 0.5) is 5.69 Å². The highest BCUT2D eigenvalue weighted by atomic mass is 16.5. The Morgan fingerprint density at radius 2 is 1.79 bits per heavy atom. The molecule has 4 rings (SSSR count). The third-order valence-electron chi connectivity index (χ3n) is 4.56. The zero-order chi connectivity index (χ0) is 20.1. The van der Waals surface area contributed by atoms with Gasteiger partial charge >= 0.3 is 0 Å². The number of hydrogen-bond donors (Lipinski definition) is 1. The number of methoxy groups -OCH3 is 1. The summed E-state index contributed by atoms with van der Waals surface area (Å²) in [6.45, 7) is 0.501. The molecular formula is C24H21N3O2. The number of carbonyl (C=O) groups excluding carboxylic acids is 1. The average Bonchev–Trinajstić information content (AvgIpc) is 3.25. The first-order valence-corrected chi connectivity index (χ1v) is 9.34. The van der Waals surface area contributed by atoms with Gasteiger partial charge in [-0.3, -0.25) is 4.79 Å². The normalized spacial score (nSPS) is 10.7. The predicted octanol–water partition coefficient (Wildman–Crippen LogP) is 4.94. The first-order valence-electron chi connectivity index (χ1n) is 9.34. The molecule has 144 valence electrons. The third kappa shape index (κ3) is 4.25. The van der Waals surface area contributed by atoms with Crippen LogP contribution in [0.15, 0.2) is 91.1 Å². The Balaban J connectivity index is 1.59. The van der Waals surface area contributed by atoms with Gasteiger partial charge in [0.25, 0.3) is 5.91 Å². The lowest BCUT2D eigenvalue weighted by Crippen LogP contribution is -2.12. The van der Waals surface area contributed by atoms with Gasteiger partial charge in [-0.15, -0.1) is 0 Å². The van der Waals surface area contributed by atoms with Crippen molar-refractivity contribution >= 4 is 11.6 Å². The first kappa shape index (κ1) is 18.7. The summed E-state index contributed by atoms with van der Waals surface area (Å²) in [5.41, 5.74) is 5.16. The molecule has 0 aliphatic rings. The van der Waals surface area contributed by atoms with E-state index >= 15 is 0 Å². The molecule has 0 spiro atoms. The van der Waals surface area contributed by atoms with Crippen molar-refractivity contribution in [1.82, 2.24) is 9.78 Å². The molecule has 3 aromatic carbocycles. The summed E-state index contributed by atoms with van der Waals surface area (Å²) >= 11 is 0. The lowest BCUT2D eigenvalue weighted by molar-refractivity contribution is 0.102. The molecule has 1 amide bonds. The number of ether oxygens (including phenoxy) is 1. The molecule has 1 heterocycles. The molecule has 0 saturated carbocycles. The molecule has 0 radical (unpaired) electrons. The van der Waals surface area contributed by atoms with Gasteiger partial charge in [-0.25, -0.2) is 4.68 Å². The van der Waals surface area contributed by atoms with Crippen LogP contribution in [-0.2, 0) is 11.3 Å². The molecule has 0 saturated heterocycles. The summed E-state index contributed by atoms with van der Waals surface area (Å²) in [6.07, 6.45) is 1.76. The maximum absolute atomic E-state index is 12.8. The molecule has 0 aliphatic carbocycles. The SMILES string of the molecule is COCc1cccc(NC(=O)c2cccc(-n3nccc3-c3ccccc3)c2)c1. The molecule has 0 atom stereocenters. The molecule has 0 bridgehead atoms. The largest absolute Gasteiger partial charge is 0.380 e. The van der Waals surface area contributed by atoms with Crippen molar-refractivity contribution in [2.75, 3.05) is 12.4 Å². The highest BCUT2D eigenvalue weighted by Crippen LogP contribution is 2.23. The van der Waals surface area contributed by atoms with Crippen LogP contribution in [0.5, 0.6) is 0 Å². The van der Waals surface area contributed by atoms with Crippen LogP contribution in [-0.4, -0.2) is 22.8 Å². The summed E-state index contributed by atoms with van der Waals surface area (Å²) in [4.78, 5) is 12.8. The van der Waals surface area contributed by atoms with Gasteiger partial charge in [0.2, 0.25) is 0 Å². The highest BCUT2D eigenvalue weighted by molar-refractivity contribution is 6.04. The molecule has 0 fully saturated rings. The van der Waals surface area contributed by atoms with Crippen LogP contribution >= 0.6 is 0 Å². The molecule has 4 aromatic rings. The van der Waals surface area contributed by atoms with E-state index in [1.54, 1.807) is 19.4 Å². The molecule has 0 aliphatic heterocycles. The fourth-order valence-electron chi connectivity index (χ4n) is 3.22. The predicted molar refractivity (Wildman–Crippen MR) is 114 cm³/mol. The van der Waals surface area contributed by atoms with Crippen molar-refractivity contribution < 1.29 is 9.53 Å². The third-order valence-corrected chi connectivity index (χ3v) is 4.56. The van der Waals surface area contributed by atoms with Crippen LogP contribution in [0.3, 0.4) is 0 Å². The van der Waals surface area contributed by atoms with Crippen LogP contribution in [0.2, 0.25) is 0 Å². The Labute approximate surface area is 169 Å². The van der Waals surface area contributed by atoms with Gasteiger partial charge in [0.05, 0.1) is 24.2 Å². The second kappa shape index (κ2) is 8.54. The Kier molecular flexibility index (Phi) is 5.49. The van der Waals surface area contributed by atoms with Gasteiger partial charge in [-0.2, -0.15) is 5.10 Å². The molecular weight excluding hydrogens is 362 g/mol. The van der Waals surface area contributed by atoms with E-state index < -0.39 is 0 Å². The monoisotopic (exact) mass is 383 g/mol. The summed E-state index contributed by atoms with van der Waals surface area (Å²) in [7, 11) is 1.65. The van der Waals surface area contributed by atoms with Crippen molar-refractivity contribution in [3.05, 3.63) is 102 Å². The second-order valence-corrected chi connectivity index (χ2v) is 6.63. The highest BCUT2D eigenvalue weighted by Gasteiger charge is 2.11. The van der Waals surface area contributed by atoms with Gasteiger partial charge in [0, 0.05) is 23.9 Å². The minimum absolute atomic E-state index is 0.171. The van der Waals surface area contributed by atoms with Gasteiger partial charge in [0.15, 0.2) is 0 Å². The van der Waals surface area contributed by atoms with E-state index in [9.17, 15) is 4.79 Å². The number of anilines is 1. The quantitative estimate of drug-likeness (QED) is 0.513. The number of carbonyl (C=O) groups is 1. The van der Waals surface area contributed by atoms with Crippen LogP contribution in [0.1, 0.15) is 15.9 Å². The van der Waals surface area contributed by atoms with E-state index in [4.69, 9.17) is 4.74 Å². The Morgan fingerprint density at radius 1 is 0.966 bits per heavy atom. The maximum atomic E-state index is 12.8. The lowest BCUT2D eigenvalue weighted by atomic mass is 10.1. The fourth-order valence-corrected chi connectivity index (χ4v) is 3.22. The average molecular weight is 383 g/mol. The van der Waals surface area contributed by atoms with Crippen molar-refractivity contribution in [1.29, 1.82) is 0 Å². The first-order chi connectivity index (χ1) is 14.2. The van der Waals surface area contributed by atoms with E-state index in [2.05, 4.69) is 10.4 Å². The Hall–Kier alpha value is -3.70. The fraction of sp³-hybridized carbons (Fsp3) is 0.0833. The van der Waals surface area contributed by atoms with Gasteiger partial charge < -0.3 is 10.1 Å². The second-order valence-electron chi connectivity index (χ2n) is 6.63. The number of nitrogens with zero attached hydrogens (tertiary/aromatic N) is 2. The standard InChI is InChI=1S/C24H21N3O2/c1-29-17-18-7-5-11-21(15-18)26-24(28)20-10-6-12-22(16-20)27-23(13-14-25-27)19-8-3-2-4-9-19/h2-16H,17H2,1H3,(H,26,28). The number of rotatable bonds is 6. The maximum Gasteiger partial charge on any atom is 0.255 e. The van der Waals surface area contributed by atoms with Gasteiger partial charge in [0.1, 0.15) is 0 Å². The zero-order valence-electron chi connectivity index (χ0n) is 16.1. The summed E-state index contributed by atoms with van der Waals surface area (Å²) in [5.74, 6) is -0.171. The molecule has 5 heteroatoms.